The number of ether oxygens (including phenoxy) is 1. The molecule has 0 saturated heterocycles. The van der Waals surface area contributed by atoms with Crippen molar-refractivity contribution in [3.63, 3.8) is 0 Å². The Labute approximate surface area is 86.7 Å². The van der Waals surface area contributed by atoms with E-state index in [4.69, 9.17) is 4.74 Å². The topological polar surface area (TPSA) is 29.5 Å². The molecule has 14 heavy (non-hydrogen) atoms. The van der Waals surface area contributed by atoms with Gasteiger partial charge < -0.3 is 9.64 Å². The molecule has 0 aliphatic carbocycles. The van der Waals surface area contributed by atoms with Gasteiger partial charge in [-0.05, 0) is 12.5 Å². The van der Waals surface area contributed by atoms with Crippen LogP contribution in [0.2, 0.25) is 0 Å². The first-order valence-corrected chi connectivity index (χ1v) is 5.15. The highest BCUT2D eigenvalue weighted by Gasteiger charge is 1.98. The third-order valence-corrected chi connectivity index (χ3v) is 1.85. The zero-order valence-electron chi connectivity index (χ0n) is 9.45. The number of carbonyl (C=O) groups excluding carboxylic acids is 1. The van der Waals surface area contributed by atoms with Gasteiger partial charge in [-0.3, -0.25) is 4.79 Å². The van der Waals surface area contributed by atoms with Gasteiger partial charge in [-0.2, -0.15) is 0 Å². The number of rotatable bonds is 7. The minimum absolute atomic E-state index is 0.0957. The Morgan fingerprint density at radius 3 is 2.64 bits per heavy atom. The third-order valence-electron chi connectivity index (χ3n) is 1.85. The summed E-state index contributed by atoms with van der Waals surface area (Å²) in [5.74, 6) is 0.0957. The molecule has 0 fully saturated rings. The Kier molecular flexibility index (Phi) is 7.99. The molecule has 0 aliphatic rings. The van der Waals surface area contributed by atoms with Crippen LogP contribution in [0.4, 0.5) is 0 Å². The molecule has 3 heteroatoms. The molecular weight excluding hydrogens is 178 g/mol. The Morgan fingerprint density at radius 1 is 1.36 bits per heavy atom. The van der Waals surface area contributed by atoms with Gasteiger partial charge in [0.15, 0.2) is 0 Å². The van der Waals surface area contributed by atoms with Crippen LogP contribution in [0.25, 0.3) is 0 Å². The van der Waals surface area contributed by atoms with E-state index in [1.807, 2.05) is 0 Å². The van der Waals surface area contributed by atoms with Gasteiger partial charge in [0, 0.05) is 20.5 Å². The van der Waals surface area contributed by atoms with Crippen molar-refractivity contribution in [1.82, 2.24) is 4.90 Å². The Morgan fingerprint density at radius 2 is 2.07 bits per heavy atom. The predicted molar refractivity (Wildman–Crippen MR) is 57.9 cm³/mol. The molecule has 1 amide bonds. The van der Waals surface area contributed by atoms with Crippen LogP contribution in [-0.2, 0) is 9.53 Å². The molecule has 0 N–H and O–H groups in total. The standard InChI is InChI=1S/C11H21NO2/c1-4-5-6-9-14-10-7-8-11(13)12(2)3/h7,10H,4-6,8-9H2,1-3H3/b10-7+. The first-order chi connectivity index (χ1) is 6.68. The van der Waals surface area contributed by atoms with E-state index in [2.05, 4.69) is 6.92 Å². The van der Waals surface area contributed by atoms with Gasteiger partial charge in [0.25, 0.3) is 0 Å². The van der Waals surface area contributed by atoms with Crippen LogP contribution >= 0.6 is 0 Å². The highest BCUT2D eigenvalue weighted by Crippen LogP contribution is 1.95. The first-order valence-electron chi connectivity index (χ1n) is 5.15. The minimum atomic E-state index is 0.0957. The van der Waals surface area contributed by atoms with E-state index in [1.165, 1.54) is 12.8 Å². The smallest absolute Gasteiger partial charge is 0.225 e. The van der Waals surface area contributed by atoms with Gasteiger partial charge in [0.2, 0.25) is 5.91 Å². The van der Waals surface area contributed by atoms with E-state index in [0.717, 1.165) is 13.0 Å². The molecule has 0 unspecified atom stereocenters. The average Bonchev–Trinajstić information content (AvgIpc) is 2.16. The molecular formula is C11H21NO2. The van der Waals surface area contributed by atoms with Crippen LogP contribution in [0.5, 0.6) is 0 Å². The number of nitrogens with zero attached hydrogens (tertiary/aromatic N) is 1. The van der Waals surface area contributed by atoms with Gasteiger partial charge in [0.05, 0.1) is 12.9 Å². The van der Waals surface area contributed by atoms with Crippen LogP contribution in [-0.4, -0.2) is 31.5 Å². The molecule has 0 aromatic carbocycles. The lowest BCUT2D eigenvalue weighted by Crippen LogP contribution is -2.20. The summed E-state index contributed by atoms with van der Waals surface area (Å²) in [6, 6.07) is 0. The summed E-state index contributed by atoms with van der Waals surface area (Å²) in [7, 11) is 3.50. The molecule has 3 nitrogen and oxygen atoms in total. The summed E-state index contributed by atoms with van der Waals surface area (Å²) in [4.78, 5) is 12.7. The first kappa shape index (κ1) is 13.0. The second-order valence-electron chi connectivity index (χ2n) is 3.44. The number of hydrogen-bond acceptors (Lipinski definition) is 2. The molecule has 0 aromatic rings. The highest BCUT2D eigenvalue weighted by molar-refractivity contribution is 5.76. The van der Waals surface area contributed by atoms with Crippen molar-refractivity contribution in [3.05, 3.63) is 12.3 Å². The van der Waals surface area contributed by atoms with Crippen LogP contribution in [0.1, 0.15) is 32.6 Å². The number of carbonyl (C=O) groups is 1. The SMILES string of the molecule is CCCCCO/C=C/CC(=O)N(C)C. The molecule has 82 valence electrons. The Hall–Kier alpha value is -0.990. The minimum Gasteiger partial charge on any atom is -0.502 e. The Balaban J connectivity index is 3.32. The highest BCUT2D eigenvalue weighted by atomic mass is 16.5. The van der Waals surface area contributed by atoms with E-state index >= 15 is 0 Å². The number of unbranched alkanes of at least 4 members (excludes halogenated alkanes) is 2. The number of hydrogen-bond donors (Lipinski definition) is 0. The maximum absolute atomic E-state index is 11.1. The predicted octanol–water partition coefficient (Wildman–Crippen LogP) is 2.19. The molecule has 0 aromatic heterocycles. The van der Waals surface area contributed by atoms with Crippen molar-refractivity contribution in [2.75, 3.05) is 20.7 Å². The normalized spacial score (nSPS) is 10.5. The van der Waals surface area contributed by atoms with Gasteiger partial charge in [-0.15, -0.1) is 0 Å². The molecule has 0 radical (unpaired) electrons. The van der Waals surface area contributed by atoms with E-state index < -0.39 is 0 Å². The van der Waals surface area contributed by atoms with Crippen LogP contribution < -0.4 is 0 Å². The quantitative estimate of drug-likeness (QED) is 0.464. The van der Waals surface area contributed by atoms with E-state index in [-0.39, 0.29) is 5.91 Å². The molecule has 0 saturated carbocycles. The third kappa shape index (κ3) is 7.65. The monoisotopic (exact) mass is 199 g/mol. The average molecular weight is 199 g/mol. The molecule has 0 atom stereocenters. The largest absolute Gasteiger partial charge is 0.502 e. The fourth-order valence-electron chi connectivity index (χ4n) is 0.903. The van der Waals surface area contributed by atoms with Crippen molar-refractivity contribution < 1.29 is 9.53 Å². The maximum atomic E-state index is 11.1. The van der Waals surface area contributed by atoms with Crippen molar-refractivity contribution in [2.24, 2.45) is 0 Å². The summed E-state index contributed by atoms with van der Waals surface area (Å²) in [6.07, 6.45) is 7.28. The zero-order chi connectivity index (χ0) is 10.8. The van der Waals surface area contributed by atoms with Gasteiger partial charge in [-0.1, -0.05) is 19.8 Å². The lowest BCUT2D eigenvalue weighted by Gasteiger charge is -2.07. The van der Waals surface area contributed by atoms with E-state index in [1.54, 1.807) is 31.3 Å². The summed E-state index contributed by atoms with van der Waals surface area (Å²) in [5.41, 5.74) is 0. The summed E-state index contributed by atoms with van der Waals surface area (Å²) in [6.45, 7) is 2.91. The fraction of sp³-hybridized carbons (Fsp3) is 0.727. The molecule has 0 bridgehead atoms. The molecule has 0 aliphatic heterocycles. The maximum Gasteiger partial charge on any atom is 0.225 e. The summed E-state index contributed by atoms with van der Waals surface area (Å²) >= 11 is 0. The molecule has 0 rings (SSSR count). The van der Waals surface area contributed by atoms with E-state index in [0.29, 0.717) is 6.42 Å². The lowest BCUT2D eigenvalue weighted by atomic mass is 10.3. The van der Waals surface area contributed by atoms with Gasteiger partial charge in [0.1, 0.15) is 0 Å². The second-order valence-corrected chi connectivity index (χ2v) is 3.44. The molecule has 0 heterocycles. The summed E-state index contributed by atoms with van der Waals surface area (Å²) in [5, 5.41) is 0. The molecule has 0 spiro atoms. The lowest BCUT2D eigenvalue weighted by molar-refractivity contribution is -0.127. The van der Waals surface area contributed by atoms with Crippen molar-refractivity contribution in [2.45, 2.75) is 32.6 Å². The van der Waals surface area contributed by atoms with Gasteiger partial charge >= 0.3 is 0 Å². The van der Waals surface area contributed by atoms with Crippen molar-refractivity contribution >= 4 is 5.91 Å². The van der Waals surface area contributed by atoms with E-state index in [9.17, 15) is 4.79 Å². The van der Waals surface area contributed by atoms with Gasteiger partial charge in [-0.25, -0.2) is 0 Å². The summed E-state index contributed by atoms with van der Waals surface area (Å²) < 4.78 is 5.21. The number of amides is 1. The fourth-order valence-corrected chi connectivity index (χ4v) is 0.903. The van der Waals surface area contributed by atoms with Crippen LogP contribution in [0.15, 0.2) is 12.3 Å². The van der Waals surface area contributed by atoms with Crippen molar-refractivity contribution in [3.8, 4) is 0 Å². The van der Waals surface area contributed by atoms with Crippen LogP contribution in [0.3, 0.4) is 0 Å². The van der Waals surface area contributed by atoms with Crippen LogP contribution in [0, 0.1) is 0 Å². The Bertz CT molecular complexity index is 176. The zero-order valence-corrected chi connectivity index (χ0v) is 9.45. The van der Waals surface area contributed by atoms with Crippen molar-refractivity contribution in [1.29, 1.82) is 0 Å². The second kappa shape index (κ2) is 8.60.